The van der Waals surface area contributed by atoms with Crippen LogP contribution in [0.3, 0.4) is 0 Å². The number of hydrogen-bond acceptors (Lipinski definition) is 4. The number of nitrogens with one attached hydrogen (secondary N) is 1. The van der Waals surface area contributed by atoms with Crippen molar-refractivity contribution in [1.29, 1.82) is 0 Å². The Hall–Kier alpha value is -3.06. The van der Waals surface area contributed by atoms with E-state index < -0.39 is 0 Å². The lowest BCUT2D eigenvalue weighted by atomic mass is 10.2. The predicted molar refractivity (Wildman–Crippen MR) is 129 cm³/mol. The van der Waals surface area contributed by atoms with Gasteiger partial charge in [0.1, 0.15) is 11.3 Å². The third-order valence-electron chi connectivity index (χ3n) is 4.79. The number of carbonyl (C=O) groups is 1. The molecule has 0 aliphatic heterocycles. The number of rotatable bonds is 4. The highest BCUT2D eigenvalue weighted by Gasteiger charge is 2.16. The largest absolute Gasteiger partial charge is 0.451 e. The van der Waals surface area contributed by atoms with E-state index in [4.69, 9.17) is 32.0 Å². The van der Waals surface area contributed by atoms with Crippen LogP contribution in [0.1, 0.15) is 10.6 Å². The summed E-state index contributed by atoms with van der Waals surface area (Å²) in [6, 6.07) is 21.5. The number of fused-ring (bicyclic) bond motifs is 1. The normalized spacial score (nSPS) is 11.1. The first kappa shape index (κ1) is 20.8. The molecule has 2 aromatic heterocycles. The molecule has 5 rings (SSSR count). The van der Waals surface area contributed by atoms with Gasteiger partial charge >= 0.3 is 0 Å². The Morgan fingerprint density at radius 1 is 0.938 bits per heavy atom. The summed E-state index contributed by atoms with van der Waals surface area (Å²) < 4.78 is 12.5. The Labute approximate surface area is 201 Å². The predicted octanol–water partition coefficient (Wildman–Crippen LogP) is 8.08. The zero-order valence-corrected chi connectivity index (χ0v) is 19.3. The number of carbonyl (C=O) groups excluding carboxylic acids is 1. The van der Waals surface area contributed by atoms with Crippen LogP contribution < -0.4 is 5.32 Å². The van der Waals surface area contributed by atoms with Crippen molar-refractivity contribution in [2.75, 3.05) is 5.32 Å². The number of anilines is 1. The monoisotopic (exact) mass is 526 g/mol. The van der Waals surface area contributed by atoms with E-state index in [1.54, 1.807) is 48.5 Å². The second-order valence-corrected chi connectivity index (χ2v) is 8.63. The Morgan fingerprint density at radius 3 is 2.56 bits per heavy atom. The van der Waals surface area contributed by atoms with Gasteiger partial charge in [-0.1, -0.05) is 57.3 Å². The SMILES string of the molecule is O=C(Nc1ccc2oc(-c3cccc(Cl)c3Cl)nc2c1)c1ccc(-c2ccc(Br)cc2)o1. The van der Waals surface area contributed by atoms with E-state index in [2.05, 4.69) is 26.2 Å². The lowest BCUT2D eigenvalue weighted by molar-refractivity contribution is 0.0997. The molecule has 0 saturated heterocycles. The van der Waals surface area contributed by atoms with Crippen molar-refractivity contribution in [2.45, 2.75) is 0 Å². The van der Waals surface area contributed by atoms with Crippen molar-refractivity contribution in [1.82, 2.24) is 4.98 Å². The van der Waals surface area contributed by atoms with Gasteiger partial charge in [-0.15, -0.1) is 0 Å². The van der Waals surface area contributed by atoms with E-state index in [0.717, 1.165) is 10.0 Å². The number of furan rings is 1. The smallest absolute Gasteiger partial charge is 0.291 e. The summed E-state index contributed by atoms with van der Waals surface area (Å²) in [6.45, 7) is 0. The maximum Gasteiger partial charge on any atom is 0.291 e. The number of amides is 1. The summed E-state index contributed by atoms with van der Waals surface area (Å²) in [7, 11) is 0. The van der Waals surface area contributed by atoms with Crippen molar-refractivity contribution >= 4 is 61.8 Å². The van der Waals surface area contributed by atoms with Crippen LogP contribution in [0.2, 0.25) is 10.0 Å². The molecular weight excluding hydrogens is 515 g/mol. The molecule has 8 heteroatoms. The van der Waals surface area contributed by atoms with Crippen LogP contribution in [0, 0.1) is 0 Å². The van der Waals surface area contributed by atoms with E-state index in [1.165, 1.54) is 0 Å². The molecule has 1 amide bonds. The molecule has 0 radical (unpaired) electrons. The Kier molecular flexibility index (Phi) is 5.51. The Morgan fingerprint density at radius 2 is 1.75 bits per heavy atom. The van der Waals surface area contributed by atoms with Gasteiger partial charge in [0.05, 0.1) is 15.6 Å². The van der Waals surface area contributed by atoms with Gasteiger partial charge < -0.3 is 14.2 Å². The number of benzene rings is 3. The van der Waals surface area contributed by atoms with Crippen LogP contribution in [0.5, 0.6) is 0 Å². The van der Waals surface area contributed by atoms with Gasteiger partial charge in [-0.2, -0.15) is 0 Å². The molecule has 2 heterocycles. The molecule has 5 aromatic rings. The van der Waals surface area contributed by atoms with E-state index in [1.807, 2.05) is 24.3 Å². The molecule has 0 saturated carbocycles. The summed E-state index contributed by atoms with van der Waals surface area (Å²) in [5.74, 6) is 0.794. The van der Waals surface area contributed by atoms with Crippen LogP contribution in [-0.2, 0) is 0 Å². The average Bonchev–Trinajstić information content (AvgIpc) is 3.43. The second-order valence-electron chi connectivity index (χ2n) is 6.93. The van der Waals surface area contributed by atoms with E-state index >= 15 is 0 Å². The molecule has 1 N–H and O–H groups in total. The Balaban J connectivity index is 1.38. The second kappa shape index (κ2) is 8.47. The fourth-order valence-corrected chi connectivity index (χ4v) is 3.86. The van der Waals surface area contributed by atoms with Crippen LogP contribution in [0.15, 0.2) is 86.1 Å². The van der Waals surface area contributed by atoms with Crippen molar-refractivity contribution in [2.24, 2.45) is 0 Å². The molecule has 0 fully saturated rings. The minimum absolute atomic E-state index is 0.203. The van der Waals surface area contributed by atoms with Crippen molar-refractivity contribution < 1.29 is 13.6 Å². The summed E-state index contributed by atoms with van der Waals surface area (Å²) in [5, 5.41) is 3.61. The maximum atomic E-state index is 12.7. The molecular formula is C24H13BrCl2N2O3. The van der Waals surface area contributed by atoms with Gasteiger partial charge in [0.15, 0.2) is 11.3 Å². The zero-order valence-electron chi connectivity index (χ0n) is 16.2. The standard InChI is InChI=1S/C24H13BrCl2N2O3/c25-14-6-4-13(5-7-14)19-10-11-21(31-19)23(30)28-15-8-9-20-18(12-15)29-24(32-20)16-2-1-3-17(26)22(16)27/h1-12H,(H,28,30). The third kappa shape index (κ3) is 4.05. The number of nitrogens with zero attached hydrogens (tertiary/aromatic N) is 1. The van der Waals surface area contributed by atoms with Gasteiger partial charge in [-0.3, -0.25) is 4.79 Å². The van der Waals surface area contributed by atoms with Crippen molar-refractivity contribution in [3.63, 3.8) is 0 Å². The van der Waals surface area contributed by atoms with Crippen molar-refractivity contribution in [3.8, 4) is 22.8 Å². The fourth-order valence-electron chi connectivity index (χ4n) is 3.21. The first-order valence-corrected chi connectivity index (χ1v) is 11.0. The topological polar surface area (TPSA) is 68.3 Å². The lowest BCUT2D eigenvalue weighted by Crippen LogP contribution is -2.10. The minimum atomic E-state index is -0.366. The van der Waals surface area contributed by atoms with E-state index in [9.17, 15) is 4.79 Å². The highest BCUT2D eigenvalue weighted by Crippen LogP contribution is 2.35. The molecule has 5 nitrogen and oxygen atoms in total. The first-order valence-electron chi connectivity index (χ1n) is 9.50. The Bertz CT molecular complexity index is 1460. The number of aromatic nitrogens is 1. The molecule has 0 spiro atoms. The van der Waals surface area contributed by atoms with Gasteiger partial charge in [0.2, 0.25) is 5.89 Å². The first-order chi connectivity index (χ1) is 15.5. The molecule has 0 atom stereocenters. The average molecular weight is 528 g/mol. The lowest BCUT2D eigenvalue weighted by Gasteiger charge is -2.03. The van der Waals surface area contributed by atoms with E-state index in [0.29, 0.717) is 44.0 Å². The molecule has 0 unspecified atom stereocenters. The van der Waals surface area contributed by atoms with Crippen LogP contribution in [-0.4, -0.2) is 10.9 Å². The van der Waals surface area contributed by atoms with Gasteiger partial charge in [-0.05, 0) is 54.6 Å². The summed E-state index contributed by atoms with van der Waals surface area (Å²) in [6.07, 6.45) is 0. The molecule has 0 aliphatic rings. The number of oxazole rings is 1. The maximum absolute atomic E-state index is 12.7. The highest BCUT2D eigenvalue weighted by atomic mass is 79.9. The number of hydrogen-bond donors (Lipinski definition) is 1. The molecule has 0 aliphatic carbocycles. The quantitative estimate of drug-likeness (QED) is 0.256. The summed E-state index contributed by atoms with van der Waals surface area (Å²) in [4.78, 5) is 17.2. The van der Waals surface area contributed by atoms with Crippen LogP contribution in [0.4, 0.5) is 5.69 Å². The van der Waals surface area contributed by atoms with Gasteiger partial charge in [0.25, 0.3) is 5.91 Å². The fraction of sp³-hybridized carbons (Fsp3) is 0. The van der Waals surface area contributed by atoms with E-state index in [-0.39, 0.29) is 11.7 Å². The van der Waals surface area contributed by atoms with Crippen LogP contribution >= 0.6 is 39.1 Å². The molecule has 32 heavy (non-hydrogen) atoms. The third-order valence-corrected chi connectivity index (χ3v) is 6.13. The summed E-state index contributed by atoms with van der Waals surface area (Å²) in [5.41, 5.74) is 3.16. The summed E-state index contributed by atoms with van der Waals surface area (Å²) >= 11 is 15.8. The highest BCUT2D eigenvalue weighted by molar-refractivity contribution is 9.10. The minimum Gasteiger partial charge on any atom is -0.451 e. The zero-order chi connectivity index (χ0) is 22.2. The number of halogens is 3. The van der Waals surface area contributed by atoms with Crippen LogP contribution in [0.25, 0.3) is 33.9 Å². The molecule has 0 bridgehead atoms. The van der Waals surface area contributed by atoms with Gasteiger partial charge in [-0.25, -0.2) is 4.98 Å². The molecule has 158 valence electrons. The van der Waals surface area contributed by atoms with Crippen molar-refractivity contribution in [3.05, 3.63) is 93.1 Å². The molecule has 3 aromatic carbocycles. The van der Waals surface area contributed by atoms with Gasteiger partial charge in [0, 0.05) is 15.7 Å².